The van der Waals surface area contributed by atoms with Crippen LogP contribution in [-0.2, 0) is 11.3 Å². The zero-order valence-corrected chi connectivity index (χ0v) is 9.69. The zero-order chi connectivity index (χ0) is 11.4. The van der Waals surface area contributed by atoms with Crippen molar-refractivity contribution in [1.29, 1.82) is 0 Å². The van der Waals surface area contributed by atoms with Crippen LogP contribution in [0.3, 0.4) is 0 Å². The molecule has 0 aliphatic heterocycles. The van der Waals surface area contributed by atoms with E-state index in [1.165, 1.54) is 25.7 Å². The molecular formula is C12H18N2O2. The van der Waals surface area contributed by atoms with Gasteiger partial charge >= 0.3 is 5.97 Å². The van der Waals surface area contributed by atoms with E-state index in [4.69, 9.17) is 4.74 Å². The number of carbonyl (C=O) groups is 1. The third kappa shape index (κ3) is 2.62. The summed E-state index contributed by atoms with van der Waals surface area (Å²) in [5, 5.41) is 0. The molecule has 2 rings (SSSR count). The van der Waals surface area contributed by atoms with Crippen LogP contribution in [0.1, 0.15) is 43.1 Å². The van der Waals surface area contributed by atoms with Gasteiger partial charge in [-0.2, -0.15) is 0 Å². The predicted molar refractivity (Wildman–Crippen MR) is 60.1 cm³/mol. The number of imidazole rings is 1. The van der Waals surface area contributed by atoms with E-state index in [-0.39, 0.29) is 5.97 Å². The fraction of sp³-hybridized carbons (Fsp3) is 0.667. The zero-order valence-electron chi connectivity index (χ0n) is 9.69. The Kier molecular flexibility index (Phi) is 3.59. The Morgan fingerprint density at radius 2 is 2.44 bits per heavy atom. The molecule has 1 aliphatic rings. The summed E-state index contributed by atoms with van der Waals surface area (Å²) in [7, 11) is 0. The van der Waals surface area contributed by atoms with Crippen molar-refractivity contribution in [2.45, 2.75) is 39.2 Å². The SMILES string of the molecule is CCOC(=O)c1cn(CCC2CCC2)cn1. The summed E-state index contributed by atoms with van der Waals surface area (Å²) in [5.41, 5.74) is 0.412. The third-order valence-corrected chi connectivity index (χ3v) is 3.14. The first-order valence-corrected chi connectivity index (χ1v) is 5.98. The number of rotatable bonds is 5. The first-order valence-electron chi connectivity index (χ1n) is 5.98. The summed E-state index contributed by atoms with van der Waals surface area (Å²) in [5.74, 6) is 0.554. The summed E-state index contributed by atoms with van der Waals surface area (Å²) in [4.78, 5) is 15.4. The van der Waals surface area contributed by atoms with Crippen LogP contribution in [0.2, 0.25) is 0 Å². The number of aromatic nitrogens is 2. The second-order valence-electron chi connectivity index (χ2n) is 4.30. The molecule has 0 saturated heterocycles. The first kappa shape index (κ1) is 11.2. The molecule has 0 radical (unpaired) electrons. The number of ether oxygens (including phenoxy) is 1. The number of carbonyl (C=O) groups excluding carboxylic acids is 1. The number of hydrogen-bond acceptors (Lipinski definition) is 3. The van der Waals surface area contributed by atoms with E-state index in [1.807, 2.05) is 4.57 Å². The minimum atomic E-state index is -0.329. The molecule has 0 bridgehead atoms. The Morgan fingerprint density at radius 1 is 1.62 bits per heavy atom. The maximum absolute atomic E-state index is 11.4. The Balaban J connectivity index is 1.83. The molecule has 1 fully saturated rings. The molecule has 0 N–H and O–H groups in total. The largest absolute Gasteiger partial charge is 0.461 e. The fourth-order valence-corrected chi connectivity index (χ4v) is 1.91. The molecule has 0 spiro atoms. The quantitative estimate of drug-likeness (QED) is 0.718. The van der Waals surface area contributed by atoms with E-state index >= 15 is 0 Å². The Labute approximate surface area is 95.6 Å². The summed E-state index contributed by atoms with van der Waals surface area (Å²) in [6, 6.07) is 0. The summed E-state index contributed by atoms with van der Waals surface area (Å²) in [6.07, 6.45) is 8.78. The van der Waals surface area contributed by atoms with Crippen LogP contribution in [0.4, 0.5) is 0 Å². The molecule has 88 valence electrons. The highest BCUT2D eigenvalue weighted by molar-refractivity contribution is 5.86. The van der Waals surface area contributed by atoms with E-state index in [1.54, 1.807) is 19.4 Å². The smallest absolute Gasteiger partial charge is 0.358 e. The Hall–Kier alpha value is -1.32. The highest BCUT2D eigenvalue weighted by Gasteiger charge is 2.17. The molecule has 1 aliphatic carbocycles. The molecule has 4 nitrogen and oxygen atoms in total. The highest BCUT2D eigenvalue weighted by atomic mass is 16.5. The lowest BCUT2D eigenvalue weighted by molar-refractivity contribution is 0.0520. The molecule has 0 aromatic carbocycles. The molecule has 1 aromatic rings. The molecule has 0 unspecified atom stereocenters. The van der Waals surface area contributed by atoms with Gasteiger partial charge in [-0.3, -0.25) is 0 Å². The van der Waals surface area contributed by atoms with E-state index in [2.05, 4.69) is 4.98 Å². The lowest BCUT2D eigenvalue weighted by atomic mass is 9.83. The summed E-state index contributed by atoms with van der Waals surface area (Å²) < 4.78 is 6.86. The van der Waals surface area contributed by atoms with E-state index < -0.39 is 0 Å². The topological polar surface area (TPSA) is 44.1 Å². The highest BCUT2D eigenvalue weighted by Crippen LogP contribution is 2.29. The van der Waals surface area contributed by atoms with Crippen LogP contribution in [0.5, 0.6) is 0 Å². The maximum Gasteiger partial charge on any atom is 0.358 e. The number of nitrogens with zero attached hydrogens (tertiary/aromatic N) is 2. The van der Waals surface area contributed by atoms with Gasteiger partial charge in [0.2, 0.25) is 0 Å². The van der Waals surface area contributed by atoms with Gasteiger partial charge in [-0.05, 0) is 19.3 Å². The lowest BCUT2D eigenvalue weighted by Gasteiger charge is -2.25. The Morgan fingerprint density at radius 3 is 3.06 bits per heavy atom. The minimum absolute atomic E-state index is 0.329. The minimum Gasteiger partial charge on any atom is -0.461 e. The molecule has 0 atom stereocenters. The monoisotopic (exact) mass is 222 g/mol. The molecule has 1 aromatic heterocycles. The van der Waals surface area contributed by atoms with Gasteiger partial charge in [0.15, 0.2) is 5.69 Å². The van der Waals surface area contributed by atoms with Crippen LogP contribution in [0, 0.1) is 5.92 Å². The Bertz CT molecular complexity index is 356. The van der Waals surface area contributed by atoms with Crippen molar-refractivity contribution in [2.75, 3.05) is 6.61 Å². The lowest BCUT2D eigenvalue weighted by Crippen LogP contribution is -2.13. The predicted octanol–water partition coefficient (Wildman–Crippen LogP) is 2.25. The fourth-order valence-electron chi connectivity index (χ4n) is 1.91. The van der Waals surface area contributed by atoms with Gasteiger partial charge in [-0.25, -0.2) is 9.78 Å². The molecule has 0 amide bonds. The second-order valence-corrected chi connectivity index (χ2v) is 4.30. The van der Waals surface area contributed by atoms with Crippen LogP contribution in [-0.4, -0.2) is 22.1 Å². The van der Waals surface area contributed by atoms with Gasteiger partial charge in [-0.1, -0.05) is 19.3 Å². The summed E-state index contributed by atoms with van der Waals surface area (Å²) >= 11 is 0. The van der Waals surface area contributed by atoms with Crippen molar-refractivity contribution < 1.29 is 9.53 Å². The van der Waals surface area contributed by atoms with Crippen LogP contribution >= 0.6 is 0 Å². The van der Waals surface area contributed by atoms with Crippen molar-refractivity contribution in [2.24, 2.45) is 5.92 Å². The van der Waals surface area contributed by atoms with Crippen LogP contribution < -0.4 is 0 Å². The third-order valence-electron chi connectivity index (χ3n) is 3.14. The van der Waals surface area contributed by atoms with E-state index in [0.29, 0.717) is 12.3 Å². The van der Waals surface area contributed by atoms with E-state index in [9.17, 15) is 4.79 Å². The van der Waals surface area contributed by atoms with Crippen molar-refractivity contribution >= 4 is 5.97 Å². The molecular weight excluding hydrogens is 204 g/mol. The molecule has 16 heavy (non-hydrogen) atoms. The van der Waals surface area contributed by atoms with Crippen molar-refractivity contribution in [3.05, 3.63) is 18.2 Å². The van der Waals surface area contributed by atoms with Crippen molar-refractivity contribution in [1.82, 2.24) is 9.55 Å². The molecule has 1 saturated carbocycles. The van der Waals surface area contributed by atoms with Gasteiger partial charge in [0.1, 0.15) is 0 Å². The van der Waals surface area contributed by atoms with Crippen molar-refractivity contribution in [3.63, 3.8) is 0 Å². The first-order chi connectivity index (χ1) is 7.79. The van der Waals surface area contributed by atoms with Gasteiger partial charge in [0, 0.05) is 12.7 Å². The van der Waals surface area contributed by atoms with Gasteiger partial charge < -0.3 is 9.30 Å². The number of esters is 1. The summed E-state index contributed by atoms with van der Waals surface area (Å²) in [6.45, 7) is 3.15. The molecule has 1 heterocycles. The van der Waals surface area contributed by atoms with Gasteiger partial charge in [0.25, 0.3) is 0 Å². The standard InChI is InChI=1S/C12H18N2O2/c1-2-16-12(15)11-8-14(9-13-11)7-6-10-4-3-5-10/h8-10H,2-7H2,1H3. The maximum atomic E-state index is 11.4. The average Bonchev–Trinajstić information content (AvgIpc) is 2.64. The van der Waals surface area contributed by atoms with Crippen LogP contribution in [0.15, 0.2) is 12.5 Å². The molecule has 4 heteroatoms. The van der Waals surface area contributed by atoms with Gasteiger partial charge in [0.05, 0.1) is 12.9 Å². The normalized spacial score (nSPS) is 15.8. The second kappa shape index (κ2) is 5.14. The van der Waals surface area contributed by atoms with E-state index in [0.717, 1.165) is 12.5 Å². The van der Waals surface area contributed by atoms with Crippen LogP contribution in [0.25, 0.3) is 0 Å². The number of aryl methyl sites for hydroxylation is 1. The van der Waals surface area contributed by atoms with Crippen molar-refractivity contribution in [3.8, 4) is 0 Å². The number of hydrogen-bond donors (Lipinski definition) is 0. The van der Waals surface area contributed by atoms with Gasteiger partial charge in [-0.15, -0.1) is 0 Å². The average molecular weight is 222 g/mol.